The van der Waals surface area contributed by atoms with E-state index in [0.29, 0.717) is 13.0 Å². The van der Waals surface area contributed by atoms with Crippen LogP contribution in [0.25, 0.3) is 0 Å². The summed E-state index contributed by atoms with van der Waals surface area (Å²) in [7, 11) is 4.96. The van der Waals surface area contributed by atoms with Crippen LogP contribution in [0.3, 0.4) is 0 Å². The average Bonchev–Trinajstić information content (AvgIpc) is 3.55. The molecule has 2 heterocycles. The van der Waals surface area contributed by atoms with Gasteiger partial charge in [0.2, 0.25) is 11.8 Å². The maximum atomic E-state index is 14.1. The topological polar surface area (TPSA) is 128 Å². The third kappa shape index (κ3) is 9.73. The molecule has 2 aliphatic heterocycles. The fraction of sp³-hybridized carbons (Fsp3) is 0.737. The maximum absolute atomic E-state index is 14.1. The van der Waals surface area contributed by atoms with Gasteiger partial charge in [0.15, 0.2) is 5.78 Å². The number of aryl methyl sites for hydroxylation is 1. The Morgan fingerprint density at radius 1 is 1.04 bits per heavy atom. The van der Waals surface area contributed by atoms with E-state index in [9.17, 15) is 19.2 Å². The van der Waals surface area contributed by atoms with Gasteiger partial charge in [-0.25, -0.2) is 0 Å². The SMILES string of the molecule is CC[C@H](C)[C@@H]([C@@H](CC(=O)N1CCC[C@H]1[C@H](OC)[C@@H](C)C(=O)CCCc1ccccc1)OC)N(C)C(=O)[C@@H](CC(=O)C1(N)COC1)C(C)C. The van der Waals surface area contributed by atoms with Crippen LogP contribution in [0.2, 0.25) is 0 Å². The van der Waals surface area contributed by atoms with Crippen molar-refractivity contribution in [1.29, 1.82) is 0 Å². The molecule has 0 spiro atoms. The quantitative estimate of drug-likeness (QED) is 0.215. The van der Waals surface area contributed by atoms with E-state index in [2.05, 4.69) is 26.0 Å². The number of methoxy groups -OCH3 is 2. The first kappa shape index (κ1) is 39.8. The number of nitrogens with zero attached hydrogens (tertiary/aromatic N) is 2. The van der Waals surface area contributed by atoms with Crippen molar-refractivity contribution in [3.05, 3.63) is 35.9 Å². The smallest absolute Gasteiger partial charge is 0.226 e. The Kier molecular flexibility index (Phi) is 15.2. The van der Waals surface area contributed by atoms with Gasteiger partial charge in [-0.2, -0.15) is 0 Å². The lowest BCUT2D eigenvalue weighted by Gasteiger charge is -2.41. The molecular weight excluding hydrogens is 610 g/mol. The normalized spacial score (nSPS) is 21.1. The number of benzene rings is 1. The van der Waals surface area contributed by atoms with E-state index in [0.717, 1.165) is 32.1 Å². The number of carbonyl (C=O) groups excluding carboxylic acids is 4. The van der Waals surface area contributed by atoms with E-state index >= 15 is 0 Å². The second-order valence-corrected chi connectivity index (χ2v) is 14.5. The summed E-state index contributed by atoms with van der Waals surface area (Å²) >= 11 is 0. The van der Waals surface area contributed by atoms with Gasteiger partial charge in [-0.3, -0.25) is 19.2 Å². The molecule has 7 atom stereocenters. The molecule has 2 fully saturated rings. The van der Waals surface area contributed by atoms with E-state index < -0.39 is 29.7 Å². The average molecular weight is 672 g/mol. The first-order valence-corrected chi connectivity index (χ1v) is 17.9. The number of ketones is 2. The van der Waals surface area contributed by atoms with Crippen molar-refractivity contribution in [1.82, 2.24) is 9.80 Å². The Labute approximate surface area is 288 Å². The third-order valence-corrected chi connectivity index (χ3v) is 10.9. The molecule has 2 saturated heterocycles. The minimum atomic E-state index is -1.03. The molecule has 0 saturated carbocycles. The monoisotopic (exact) mass is 671 g/mol. The molecule has 0 radical (unpaired) electrons. The third-order valence-electron chi connectivity index (χ3n) is 10.9. The summed E-state index contributed by atoms with van der Waals surface area (Å²) in [5.41, 5.74) is 6.40. The zero-order valence-corrected chi connectivity index (χ0v) is 30.6. The summed E-state index contributed by atoms with van der Waals surface area (Å²) < 4.78 is 17.1. The summed E-state index contributed by atoms with van der Waals surface area (Å²) in [6.07, 6.45) is 3.58. The number of likely N-dealkylation sites (tertiary alicyclic amines) is 1. The van der Waals surface area contributed by atoms with E-state index in [1.165, 1.54) is 5.56 Å². The van der Waals surface area contributed by atoms with Gasteiger partial charge < -0.3 is 29.7 Å². The molecule has 10 nitrogen and oxygen atoms in total. The molecule has 0 unspecified atom stereocenters. The lowest BCUT2D eigenvalue weighted by Crippen LogP contribution is -2.63. The Morgan fingerprint density at radius 2 is 1.71 bits per heavy atom. The number of nitrogens with two attached hydrogens (primary N) is 1. The van der Waals surface area contributed by atoms with Crippen molar-refractivity contribution < 1.29 is 33.4 Å². The summed E-state index contributed by atoms with van der Waals surface area (Å²) in [6.45, 7) is 10.8. The fourth-order valence-corrected chi connectivity index (χ4v) is 7.43. The van der Waals surface area contributed by atoms with Crippen LogP contribution in [0.1, 0.15) is 85.1 Å². The second-order valence-electron chi connectivity index (χ2n) is 14.5. The summed E-state index contributed by atoms with van der Waals surface area (Å²) in [5.74, 6) is -1.22. The largest absolute Gasteiger partial charge is 0.379 e. The van der Waals surface area contributed by atoms with Crippen molar-refractivity contribution >= 4 is 23.4 Å². The maximum Gasteiger partial charge on any atom is 0.226 e. The summed E-state index contributed by atoms with van der Waals surface area (Å²) in [6, 6.07) is 9.55. The van der Waals surface area contributed by atoms with Crippen molar-refractivity contribution in [2.45, 2.75) is 116 Å². The van der Waals surface area contributed by atoms with Gasteiger partial charge in [-0.1, -0.05) is 71.4 Å². The van der Waals surface area contributed by atoms with Gasteiger partial charge in [0.05, 0.1) is 43.9 Å². The Morgan fingerprint density at radius 3 is 2.25 bits per heavy atom. The van der Waals surface area contributed by atoms with Crippen molar-refractivity contribution in [2.75, 3.05) is 41.0 Å². The van der Waals surface area contributed by atoms with E-state index in [1.807, 2.05) is 43.9 Å². The van der Waals surface area contributed by atoms with Crippen LogP contribution >= 0.6 is 0 Å². The van der Waals surface area contributed by atoms with E-state index in [1.54, 1.807) is 26.2 Å². The minimum absolute atomic E-state index is 0.0238. The molecule has 1 aromatic carbocycles. The van der Waals surface area contributed by atoms with Crippen molar-refractivity contribution in [3.8, 4) is 0 Å². The molecule has 270 valence electrons. The van der Waals surface area contributed by atoms with Crippen LogP contribution in [-0.2, 0) is 39.8 Å². The molecule has 2 N–H and O–H groups in total. The number of rotatable bonds is 20. The predicted molar refractivity (Wildman–Crippen MR) is 186 cm³/mol. The molecule has 0 aromatic heterocycles. The molecule has 48 heavy (non-hydrogen) atoms. The highest BCUT2D eigenvalue weighted by molar-refractivity contribution is 5.93. The highest BCUT2D eigenvalue weighted by Crippen LogP contribution is 2.31. The molecule has 2 amide bonds. The first-order chi connectivity index (χ1) is 22.8. The Bertz CT molecular complexity index is 1200. The Balaban J connectivity index is 1.71. The lowest BCUT2D eigenvalue weighted by molar-refractivity contribution is -0.151. The highest BCUT2D eigenvalue weighted by Gasteiger charge is 2.45. The standard InChI is InChI=1S/C38H61N3O7/c1-9-26(4)35(40(6)37(45)29(25(2)3)21-33(43)38(39)23-48-24-38)32(46-7)22-34(44)41-20-14-18-30(41)36(47-8)27(5)31(42)19-13-17-28-15-11-10-12-16-28/h10-12,15-16,25-27,29-30,32,35-36H,9,13-14,17-24,39H2,1-8H3/t26-,27-,29-,30-,32+,35-,36+/m0/s1. The fourth-order valence-electron chi connectivity index (χ4n) is 7.43. The summed E-state index contributed by atoms with van der Waals surface area (Å²) in [4.78, 5) is 58.0. The molecule has 10 heteroatoms. The van der Waals surface area contributed by atoms with Gasteiger partial charge in [0, 0.05) is 52.5 Å². The summed E-state index contributed by atoms with van der Waals surface area (Å²) in [5, 5.41) is 0. The number of carbonyl (C=O) groups is 4. The van der Waals surface area contributed by atoms with Gasteiger partial charge in [0.25, 0.3) is 0 Å². The number of Topliss-reactive ketones (excluding diaryl/α,β-unsaturated/α-hetero) is 2. The molecule has 0 bridgehead atoms. The number of hydrogen-bond donors (Lipinski definition) is 1. The van der Waals surface area contributed by atoms with E-state index in [-0.39, 0.29) is 73.2 Å². The first-order valence-electron chi connectivity index (χ1n) is 17.9. The van der Waals surface area contributed by atoms with Gasteiger partial charge >= 0.3 is 0 Å². The minimum Gasteiger partial charge on any atom is -0.379 e. The molecule has 2 aliphatic rings. The predicted octanol–water partition coefficient (Wildman–Crippen LogP) is 4.46. The number of hydrogen-bond acceptors (Lipinski definition) is 8. The van der Waals surface area contributed by atoms with E-state index in [4.69, 9.17) is 19.9 Å². The van der Waals surface area contributed by atoms with Crippen LogP contribution in [-0.4, -0.2) is 104 Å². The Hall–Kier alpha value is -2.66. The number of likely N-dealkylation sites (N-methyl/N-ethyl adjacent to an activating group) is 1. The molecule has 0 aliphatic carbocycles. The van der Waals surface area contributed by atoms with Crippen LogP contribution in [0, 0.1) is 23.7 Å². The number of amides is 2. The highest BCUT2D eigenvalue weighted by atomic mass is 16.5. The van der Waals surface area contributed by atoms with Crippen molar-refractivity contribution in [3.63, 3.8) is 0 Å². The lowest BCUT2D eigenvalue weighted by atomic mass is 9.81. The van der Waals surface area contributed by atoms with Gasteiger partial charge in [-0.15, -0.1) is 0 Å². The zero-order chi connectivity index (χ0) is 35.6. The van der Waals surface area contributed by atoms with Crippen LogP contribution in [0.4, 0.5) is 0 Å². The van der Waals surface area contributed by atoms with Gasteiger partial charge in [-0.05, 0) is 43.1 Å². The van der Waals surface area contributed by atoms with Crippen LogP contribution in [0.5, 0.6) is 0 Å². The van der Waals surface area contributed by atoms with Crippen LogP contribution in [0.15, 0.2) is 30.3 Å². The molecular formula is C38H61N3O7. The second kappa shape index (κ2) is 18.4. The molecule has 1 aromatic rings. The van der Waals surface area contributed by atoms with Gasteiger partial charge in [0.1, 0.15) is 11.3 Å². The molecule has 3 rings (SSSR count). The van der Waals surface area contributed by atoms with Crippen molar-refractivity contribution in [2.24, 2.45) is 29.4 Å². The van der Waals surface area contributed by atoms with Crippen LogP contribution < -0.4 is 5.73 Å². The zero-order valence-electron chi connectivity index (χ0n) is 30.6. The number of ether oxygens (including phenoxy) is 3.